The first-order valence-corrected chi connectivity index (χ1v) is 4.33. The Morgan fingerprint density at radius 3 is 2.42 bits per heavy atom. The van der Waals surface area contributed by atoms with Crippen LogP contribution in [0, 0.1) is 11.8 Å². The van der Waals surface area contributed by atoms with Crippen LogP contribution in [0.4, 0.5) is 4.39 Å². The van der Waals surface area contributed by atoms with Gasteiger partial charge in [0.05, 0.1) is 0 Å². The molecular weight excluding hydrogens is 153 g/mol. The fourth-order valence-electron chi connectivity index (χ4n) is 0.563. The summed E-state index contributed by atoms with van der Waals surface area (Å²) in [4.78, 5) is 3.93. The molecule has 0 aromatic heterocycles. The van der Waals surface area contributed by atoms with E-state index in [0.29, 0.717) is 17.5 Å². The average molecular weight is 171 g/mol. The summed E-state index contributed by atoms with van der Waals surface area (Å²) in [5.41, 5.74) is 0.530. The van der Waals surface area contributed by atoms with E-state index >= 15 is 0 Å². The lowest BCUT2D eigenvalue weighted by Gasteiger charge is -2.08. The molecule has 70 valence electrons. The molecule has 1 unspecified atom stereocenters. The molecular formula is C10H18FN. The van der Waals surface area contributed by atoms with Crippen molar-refractivity contribution in [2.24, 2.45) is 16.8 Å². The molecule has 0 bridgehead atoms. The van der Waals surface area contributed by atoms with Gasteiger partial charge in [0.15, 0.2) is 0 Å². The molecule has 0 radical (unpaired) electrons. The van der Waals surface area contributed by atoms with E-state index in [1.807, 2.05) is 6.08 Å². The molecule has 0 aliphatic carbocycles. The largest absolute Gasteiger partial charge is 0.264 e. The standard InChI is InChI=1S/C10H18FN/c1-8(2)9(3)5-6-12-10(4)7-11/h5-6,8-9H,7H2,1-4H3/b6-5-,12-10-. The van der Waals surface area contributed by atoms with Crippen LogP contribution in [0.3, 0.4) is 0 Å². The number of halogens is 1. The van der Waals surface area contributed by atoms with Gasteiger partial charge in [0.1, 0.15) is 6.67 Å². The first-order chi connectivity index (χ1) is 5.57. The zero-order valence-corrected chi connectivity index (χ0v) is 8.34. The number of hydrogen-bond donors (Lipinski definition) is 0. The van der Waals surface area contributed by atoms with Crippen molar-refractivity contribution in [2.75, 3.05) is 6.67 Å². The van der Waals surface area contributed by atoms with Crippen molar-refractivity contribution < 1.29 is 4.39 Å². The number of hydrogen-bond acceptors (Lipinski definition) is 1. The van der Waals surface area contributed by atoms with Crippen LogP contribution in [0.15, 0.2) is 17.3 Å². The molecule has 2 heteroatoms. The molecule has 0 rings (SSSR count). The lowest BCUT2D eigenvalue weighted by Crippen LogP contribution is -1.99. The number of alkyl halides is 1. The second kappa shape index (κ2) is 5.92. The van der Waals surface area contributed by atoms with Crippen LogP contribution in [0.1, 0.15) is 27.7 Å². The van der Waals surface area contributed by atoms with Crippen LogP contribution in [-0.2, 0) is 0 Å². The minimum Gasteiger partial charge on any atom is -0.264 e. The maximum atomic E-state index is 11.9. The third-order valence-corrected chi connectivity index (χ3v) is 1.93. The van der Waals surface area contributed by atoms with Crippen molar-refractivity contribution in [3.8, 4) is 0 Å². The second-order valence-electron chi connectivity index (χ2n) is 3.44. The Bertz CT molecular complexity index is 171. The highest BCUT2D eigenvalue weighted by atomic mass is 19.1. The monoisotopic (exact) mass is 171 g/mol. The molecule has 0 aliphatic rings. The fourth-order valence-corrected chi connectivity index (χ4v) is 0.563. The third-order valence-electron chi connectivity index (χ3n) is 1.93. The number of aliphatic imine (C=N–C) groups is 1. The molecule has 0 aliphatic heterocycles. The van der Waals surface area contributed by atoms with E-state index < -0.39 is 6.67 Å². The highest BCUT2D eigenvalue weighted by Crippen LogP contribution is 2.10. The molecule has 0 saturated heterocycles. The quantitative estimate of drug-likeness (QED) is 0.576. The van der Waals surface area contributed by atoms with Gasteiger partial charge in [-0.15, -0.1) is 0 Å². The van der Waals surface area contributed by atoms with Crippen LogP contribution in [0.2, 0.25) is 0 Å². The van der Waals surface area contributed by atoms with E-state index in [-0.39, 0.29) is 0 Å². The Morgan fingerprint density at radius 1 is 1.42 bits per heavy atom. The van der Waals surface area contributed by atoms with Crippen molar-refractivity contribution >= 4 is 5.71 Å². The molecule has 1 atom stereocenters. The Kier molecular flexibility index (Phi) is 5.60. The van der Waals surface area contributed by atoms with Gasteiger partial charge in [-0.25, -0.2) is 4.39 Å². The van der Waals surface area contributed by atoms with Gasteiger partial charge in [-0.05, 0) is 18.8 Å². The van der Waals surface area contributed by atoms with E-state index in [9.17, 15) is 4.39 Å². The van der Waals surface area contributed by atoms with Crippen LogP contribution in [0.5, 0.6) is 0 Å². The Morgan fingerprint density at radius 2 is 2.00 bits per heavy atom. The SMILES string of the molecule is C/C(CF)=N/C=C\C(C)C(C)C. The molecule has 0 spiro atoms. The molecule has 0 N–H and O–H groups in total. The molecule has 12 heavy (non-hydrogen) atoms. The normalized spacial score (nSPS) is 16.0. The number of rotatable bonds is 4. The minimum atomic E-state index is -0.458. The maximum Gasteiger partial charge on any atom is 0.127 e. The summed E-state index contributed by atoms with van der Waals surface area (Å²) in [6.45, 7) is 7.66. The predicted octanol–water partition coefficient (Wildman–Crippen LogP) is 3.22. The van der Waals surface area contributed by atoms with Gasteiger partial charge < -0.3 is 0 Å². The van der Waals surface area contributed by atoms with Gasteiger partial charge >= 0.3 is 0 Å². The Hall–Kier alpha value is -0.660. The van der Waals surface area contributed by atoms with E-state index in [1.54, 1.807) is 13.1 Å². The first-order valence-electron chi connectivity index (χ1n) is 4.33. The summed E-state index contributed by atoms with van der Waals surface area (Å²) in [6, 6.07) is 0. The Labute approximate surface area is 74.4 Å². The molecule has 1 nitrogen and oxygen atoms in total. The van der Waals surface area contributed by atoms with Crippen molar-refractivity contribution in [3.05, 3.63) is 12.3 Å². The molecule has 0 amide bonds. The van der Waals surface area contributed by atoms with Crippen LogP contribution in [0.25, 0.3) is 0 Å². The summed E-state index contributed by atoms with van der Waals surface area (Å²) in [5.74, 6) is 1.11. The topological polar surface area (TPSA) is 12.4 Å². The van der Waals surface area contributed by atoms with Crippen molar-refractivity contribution in [1.82, 2.24) is 0 Å². The van der Waals surface area contributed by atoms with Crippen LogP contribution >= 0.6 is 0 Å². The molecule has 0 fully saturated rings. The maximum absolute atomic E-state index is 11.9. The van der Waals surface area contributed by atoms with Crippen molar-refractivity contribution in [1.29, 1.82) is 0 Å². The van der Waals surface area contributed by atoms with E-state index in [4.69, 9.17) is 0 Å². The van der Waals surface area contributed by atoms with E-state index in [1.165, 1.54) is 0 Å². The van der Waals surface area contributed by atoms with Gasteiger partial charge in [0, 0.05) is 11.9 Å². The third kappa shape index (κ3) is 5.05. The van der Waals surface area contributed by atoms with Crippen molar-refractivity contribution in [2.45, 2.75) is 27.7 Å². The summed E-state index contributed by atoms with van der Waals surface area (Å²) in [6.07, 6.45) is 3.70. The molecule has 0 heterocycles. The fraction of sp³-hybridized carbons (Fsp3) is 0.700. The average Bonchev–Trinajstić information content (AvgIpc) is 2.03. The number of allylic oxidation sites excluding steroid dienone is 1. The van der Waals surface area contributed by atoms with Gasteiger partial charge in [0.25, 0.3) is 0 Å². The smallest absolute Gasteiger partial charge is 0.127 e. The Balaban J connectivity index is 3.91. The van der Waals surface area contributed by atoms with Gasteiger partial charge in [-0.2, -0.15) is 0 Å². The zero-order valence-electron chi connectivity index (χ0n) is 8.34. The van der Waals surface area contributed by atoms with Gasteiger partial charge in [0.2, 0.25) is 0 Å². The predicted molar refractivity (Wildman–Crippen MR) is 52.2 cm³/mol. The first kappa shape index (κ1) is 11.3. The molecule has 0 aromatic carbocycles. The van der Waals surface area contributed by atoms with Crippen molar-refractivity contribution in [3.63, 3.8) is 0 Å². The van der Waals surface area contributed by atoms with Crippen LogP contribution in [-0.4, -0.2) is 12.4 Å². The number of nitrogens with zero attached hydrogens (tertiary/aromatic N) is 1. The van der Waals surface area contributed by atoms with Gasteiger partial charge in [-0.3, -0.25) is 4.99 Å². The van der Waals surface area contributed by atoms with E-state index in [2.05, 4.69) is 25.8 Å². The highest BCUT2D eigenvalue weighted by molar-refractivity contribution is 5.83. The summed E-state index contributed by atoms with van der Waals surface area (Å²) in [5, 5.41) is 0. The molecule has 0 saturated carbocycles. The molecule has 0 aromatic rings. The summed E-state index contributed by atoms with van der Waals surface area (Å²) >= 11 is 0. The minimum absolute atomic E-state index is 0.458. The van der Waals surface area contributed by atoms with Gasteiger partial charge in [-0.1, -0.05) is 26.8 Å². The summed E-state index contributed by atoms with van der Waals surface area (Å²) in [7, 11) is 0. The van der Waals surface area contributed by atoms with Crippen LogP contribution < -0.4 is 0 Å². The highest BCUT2D eigenvalue weighted by Gasteiger charge is 2.00. The lowest BCUT2D eigenvalue weighted by molar-refractivity contribution is 0.503. The van der Waals surface area contributed by atoms with E-state index in [0.717, 1.165) is 0 Å². The zero-order chi connectivity index (χ0) is 9.56. The lowest BCUT2D eigenvalue weighted by atomic mass is 9.98. The summed E-state index contributed by atoms with van der Waals surface area (Å²) < 4.78 is 11.9. The second-order valence-corrected chi connectivity index (χ2v) is 3.44.